The minimum atomic E-state index is -1.01. The highest BCUT2D eigenvalue weighted by atomic mass is 16.2. The van der Waals surface area contributed by atoms with Crippen molar-refractivity contribution in [2.24, 2.45) is 22.5 Å². The summed E-state index contributed by atoms with van der Waals surface area (Å²) in [6.45, 7) is 19.8. The van der Waals surface area contributed by atoms with Gasteiger partial charge in [-0.05, 0) is 42.4 Å². The molecule has 1 aliphatic rings. The molecule has 0 aliphatic carbocycles. The minimum Gasteiger partial charge on any atom is -0.346 e. The topological polar surface area (TPSA) is 163 Å². The van der Waals surface area contributed by atoms with Gasteiger partial charge in [0.15, 0.2) is 0 Å². The minimum absolute atomic E-state index is 0.137. The molecular weight excluding hydrogens is 524 g/mol. The number of carbonyl (C=O) groups excluding carboxylic acids is 5. The number of amides is 5. The molecule has 6 N–H and O–H groups in total. The van der Waals surface area contributed by atoms with Crippen LogP contribution in [0, 0.1) is 16.7 Å². The second-order valence-electron chi connectivity index (χ2n) is 13.3. The number of rotatable bonds is 14. The van der Waals surface area contributed by atoms with Crippen molar-refractivity contribution in [1.29, 1.82) is 0 Å². The second-order valence-corrected chi connectivity index (χ2v) is 13.3. The summed E-state index contributed by atoms with van der Waals surface area (Å²) in [7, 11) is 0. The summed E-state index contributed by atoms with van der Waals surface area (Å²) >= 11 is 0. The van der Waals surface area contributed by atoms with Gasteiger partial charge in [0.2, 0.25) is 17.6 Å². The van der Waals surface area contributed by atoms with Crippen molar-refractivity contribution in [2.75, 3.05) is 19.6 Å². The van der Waals surface area contributed by atoms with E-state index in [0.717, 1.165) is 6.42 Å². The zero-order valence-electron chi connectivity index (χ0n) is 26.4. The molecule has 1 fully saturated rings. The van der Waals surface area contributed by atoms with Gasteiger partial charge in [0.05, 0.1) is 6.04 Å². The van der Waals surface area contributed by atoms with Crippen molar-refractivity contribution in [3.8, 4) is 0 Å². The summed E-state index contributed by atoms with van der Waals surface area (Å²) < 4.78 is 0. The van der Waals surface area contributed by atoms with Crippen molar-refractivity contribution in [3.63, 3.8) is 0 Å². The number of nitrogens with one attached hydrogen (secondary N) is 4. The van der Waals surface area contributed by atoms with Gasteiger partial charge in [-0.15, -0.1) is 6.58 Å². The number of ketones is 1. The van der Waals surface area contributed by atoms with Gasteiger partial charge in [-0.3, -0.25) is 19.2 Å². The maximum Gasteiger partial charge on any atom is 0.315 e. The molecule has 0 saturated carbocycles. The predicted molar refractivity (Wildman–Crippen MR) is 161 cm³/mol. The Morgan fingerprint density at radius 2 is 1.63 bits per heavy atom. The molecule has 234 valence electrons. The van der Waals surface area contributed by atoms with Crippen LogP contribution in [-0.2, 0) is 19.2 Å². The number of urea groups is 1. The van der Waals surface area contributed by atoms with Crippen LogP contribution in [0.4, 0.5) is 4.79 Å². The van der Waals surface area contributed by atoms with Crippen LogP contribution in [0.3, 0.4) is 0 Å². The first-order valence-corrected chi connectivity index (χ1v) is 14.8. The molecule has 1 heterocycles. The Kier molecular flexibility index (Phi) is 14.0. The Morgan fingerprint density at radius 1 is 1.00 bits per heavy atom. The average Bonchev–Trinajstić information content (AvgIpc) is 3.39. The molecule has 11 nitrogen and oxygen atoms in total. The number of hydrogen-bond donors (Lipinski definition) is 5. The van der Waals surface area contributed by atoms with Crippen molar-refractivity contribution in [3.05, 3.63) is 12.7 Å². The molecule has 0 aromatic rings. The summed E-state index contributed by atoms with van der Waals surface area (Å²) in [6.07, 6.45) is 4.34. The van der Waals surface area contributed by atoms with E-state index in [0.29, 0.717) is 38.1 Å². The summed E-state index contributed by atoms with van der Waals surface area (Å²) in [6, 6.07) is -3.56. The highest BCUT2D eigenvalue weighted by Crippen LogP contribution is 2.26. The van der Waals surface area contributed by atoms with Crippen molar-refractivity contribution >= 4 is 29.5 Å². The Hall–Kier alpha value is -2.95. The number of nitrogens with zero attached hydrogens (tertiary/aromatic N) is 1. The smallest absolute Gasteiger partial charge is 0.315 e. The third kappa shape index (κ3) is 11.1. The normalized spacial score (nSPS) is 18.5. The highest BCUT2D eigenvalue weighted by Gasteiger charge is 2.43. The van der Waals surface area contributed by atoms with Crippen molar-refractivity contribution in [2.45, 2.75) is 112 Å². The van der Waals surface area contributed by atoms with E-state index in [4.69, 9.17) is 5.73 Å². The lowest BCUT2D eigenvalue weighted by atomic mass is 9.85. The lowest BCUT2D eigenvalue weighted by molar-refractivity contribution is -0.143. The molecule has 1 aliphatic heterocycles. The largest absolute Gasteiger partial charge is 0.346 e. The lowest BCUT2D eigenvalue weighted by Crippen LogP contribution is -2.61. The molecule has 41 heavy (non-hydrogen) atoms. The fourth-order valence-electron chi connectivity index (χ4n) is 4.68. The van der Waals surface area contributed by atoms with Gasteiger partial charge in [0.25, 0.3) is 5.91 Å². The zero-order chi connectivity index (χ0) is 31.5. The molecular formula is C30H54N6O5. The van der Waals surface area contributed by atoms with Gasteiger partial charge in [0.1, 0.15) is 12.1 Å². The van der Waals surface area contributed by atoms with E-state index in [1.807, 2.05) is 55.4 Å². The SMILES string of the molecule is C=CCNC(=O)C(=O)C(CCC(C)CC)NC(=O)C1CCCN1C(=O)C(NC(=O)NC(CN)C(C)(C)C)C(C)(C)C. The van der Waals surface area contributed by atoms with Gasteiger partial charge in [-0.2, -0.15) is 0 Å². The van der Waals surface area contributed by atoms with E-state index in [9.17, 15) is 24.0 Å². The first kappa shape index (κ1) is 36.1. The third-order valence-corrected chi connectivity index (χ3v) is 7.72. The Balaban J connectivity index is 3.12. The van der Waals surface area contributed by atoms with Crippen LogP contribution in [0.15, 0.2) is 12.7 Å². The van der Waals surface area contributed by atoms with E-state index in [-0.39, 0.29) is 30.5 Å². The molecule has 0 radical (unpaired) electrons. The second kappa shape index (κ2) is 15.9. The predicted octanol–water partition coefficient (Wildman–Crippen LogP) is 2.25. The maximum absolute atomic E-state index is 13.8. The Morgan fingerprint density at radius 3 is 2.15 bits per heavy atom. The van der Waals surface area contributed by atoms with Crippen LogP contribution in [-0.4, -0.2) is 78.2 Å². The van der Waals surface area contributed by atoms with Crippen molar-refractivity contribution in [1.82, 2.24) is 26.2 Å². The van der Waals surface area contributed by atoms with E-state index in [1.165, 1.54) is 11.0 Å². The summed E-state index contributed by atoms with van der Waals surface area (Å²) in [5.41, 5.74) is 4.93. The molecule has 5 unspecified atom stereocenters. The van der Waals surface area contributed by atoms with Gasteiger partial charge in [-0.25, -0.2) is 4.79 Å². The standard InChI is InChI=1S/C30H54N6O5/c1-10-16-32-26(39)23(37)20(15-14-19(3)11-2)33-25(38)21-13-12-17-36(21)27(40)24(30(7,8)9)35-28(41)34-22(18-31)29(4,5)6/h10,19-22,24H,1,11-18,31H2,2-9H3,(H,32,39)(H,33,38)(H2,34,35,41). The molecule has 0 bridgehead atoms. The van der Waals surface area contributed by atoms with Gasteiger partial charge >= 0.3 is 6.03 Å². The summed E-state index contributed by atoms with van der Waals surface area (Å²) in [5.74, 6) is -2.06. The number of hydrogen-bond acceptors (Lipinski definition) is 6. The molecule has 0 aromatic heterocycles. The van der Waals surface area contributed by atoms with E-state index >= 15 is 0 Å². The molecule has 0 aromatic carbocycles. The lowest BCUT2D eigenvalue weighted by Gasteiger charge is -2.37. The van der Waals surface area contributed by atoms with Crippen LogP contribution in [0.25, 0.3) is 0 Å². The molecule has 0 spiro atoms. The van der Waals surface area contributed by atoms with E-state index < -0.39 is 47.2 Å². The number of nitrogens with two attached hydrogens (primary N) is 1. The molecule has 1 rings (SSSR count). The zero-order valence-corrected chi connectivity index (χ0v) is 26.4. The number of carbonyl (C=O) groups is 5. The van der Waals surface area contributed by atoms with Gasteiger partial charge in [-0.1, -0.05) is 67.9 Å². The average molecular weight is 579 g/mol. The fraction of sp³-hybridized carbons (Fsp3) is 0.767. The molecule has 11 heteroatoms. The third-order valence-electron chi connectivity index (χ3n) is 7.72. The summed E-state index contributed by atoms with van der Waals surface area (Å²) in [5, 5.41) is 10.9. The van der Waals surface area contributed by atoms with Crippen molar-refractivity contribution < 1.29 is 24.0 Å². The first-order chi connectivity index (χ1) is 19.0. The van der Waals surface area contributed by atoms with Crippen LogP contribution >= 0.6 is 0 Å². The van der Waals surface area contributed by atoms with E-state index in [1.54, 1.807) is 0 Å². The Labute approximate surface area is 246 Å². The number of Topliss-reactive ketones (excluding diaryl/α,β-unsaturated/α-hetero) is 1. The van der Waals surface area contributed by atoms with Crippen LogP contribution < -0.4 is 27.0 Å². The van der Waals surface area contributed by atoms with Crippen LogP contribution in [0.1, 0.15) is 87.5 Å². The number of likely N-dealkylation sites (tertiary alicyclic amines) is 1. The van der Waals surface area contributed by atoms with Crippen LogP contribution in [0.5, 0.6) is 0 Å². The summed E-state index contributed by atoms with van der Waals surface area (Å²) in [4.78, 5) is 67.1. The first-order valence-electron chi connectivity index (χ1n) is 14.8. The monoisotopic (exact) mass is 578 g/mol. The van der Waals surface area contributed by atoms with Gasteiger partial charge in [0, 0.05) is 25.7 Å². The fourth-order valence-corrected chi connectivity index (χ4v) is 4.68. The Bertz CT molecular complexity index is 939. The maximum atomic E-state index is 13.8. The quantitative estimate of drug-likeness (QED) is 0.157. The molecule has 5 atom stereocenters. The van der Waals surface area contributed by atoms with E-state index in [2.05, 4.69) is 27.8 Å². The highest BCUT2D eigenvalue weighted by molar-refractivity contribution is 6.38. The molecule has 1 saturated heterocycles. The van der Waals surface area contributed by atoms with Gasteiger partial charge < -0.3 is 31.9 Å². The molecule has 5 amide bonds. The van der Waals surface area contributed by atoms with Crippen LogP contribution in [0.2, 0.25) is 0 Å².